The van der Waals surface area contributed by atoms with Crippen molar-refractivity contribution >= 4 is 23.6 Å². The molecule has 0 aliphatic heterocycles. The molecular weight excluding hydrogens is 334 g/mol. The molecule has 1 aliphatic rings. The highest BCUT2D eigenvalue weighted by atomic mass is 32.2. The fraction of sp³-hybridized carbons (Fsp3) is 0.300. The summed E-state index contributed by atoms with van der Waals surface area (Å²) in [7, 11) is 0. The molecule has 0 saturated heterocycles. The number of rotatable bonds is 6. The van der Waals surface area contributed by atoms with Gasteiger partial charge in [0.05, 0.1) is 18.4 Å². The summed E-state index contributed by atoms with van der Waals surface area (Å²) in [6.07, 6.45) is 3.53. The van der Waals surface area contributed by atoms with Crippen LogP contribution in [0.25, 0.3) is 0 Å². The van der Waals surface area contributed by atoms with Crippen molar-refractivity contribution in [3.05, 3.63) is 65.2 Å². The number of hydrogen-bond acceptors (Lipinski definition) is 3. The van der Waals surface area contributed by atoms with Gasteiger partial charge < -0.3 is 10.4 Å². The van der Waals surface area contributed by atoms with E-state index in [0.717, 1.165) is 28.9 Å². The lowest BCUT2D eigenvalue weighted by molar-refractivity contribution is -0.137. The summed E-state index contributed by atoms with van der Waals surface area (Å²) < 4.78 is 0. The zero-order chi connectivity index (χ0) is 17.8. The average molecular weight is 355 g/mol. The number of aliphatic carboxylic acids is 1. The molecule has 0 saturated carbocycles. The summed E-state index contributed by atoms with van der Waals surface area (Å²) >= 11 is 1.63. The van der Waals surface area contributed by atoms with Gasteiger partial charge in [-0.2, -0.15) is 0 Å². The van der Waals surface area contributed by atoms with Crippen LogP contribution < -0.4 is 5.32 Å². The second kappa shape index (κ2) is 7.74. The van der Waals surface area contributed by atoms with Crippen LogP contribution in [-0.4, -0.2) is 23.2 Å². The van der Waals surface area contributed by atoms with Crippen molar-refractivity contribution in [1.82, 2.24) is 5.32 Å². The van der Waals surface area contributed by atoms with Gasteiger partial charge in [-0.3, -0.25) is 9.59 Å². The maximum atomic E-state index is 12.8. The van der Waals surface area contributed by atoms with Crippen molar-refractivity contribution in [3.8, 4) is 0 Å². The summed E-state index contributed by atoms with van der Waals surface area (Å²) in [5, 5.41) is 12.2. The average Bonchev–Trinajstić information content (AvgIpc) is 3.05. The van der Waals surface area contributed by atoms with Crippen molar-refractivity contribution in [1.29, 1.82) is 0 Å². The zero-order valence-corrected chi connectivity index (χ0v) is 14.9. The van der Waals surface area contributed by atoms with Gasteiger partial charge in [0.1, 0.15) is 0 Å². The largest absolute Gasteiger partial charge is 0.481 e. The Morgan fingerprint density at radius 2 is 1.92 bits per heavy atom. The van der Waals surface area contributed by atoms with Crippen LogP contribution in [-0.2, 0) is 16.0 Å². The molecule has 1 amide bonds. The molecule has 0 heterocycles. The number of carboxylic acid groups (broad SMARTS) is 1. The predicted octanol–water partition coefficient (Wildman–Crippen LogP) is 3.77. The van der Waals surface area contributed by atoms with Gasteiger partial charge in [0.25, 0.3) is 0 Å². The number of hydrogen-bond donors (Lipinski definition) is 2. The molecular formula is C20H21NO3S. The third-order valence-electron chi connectivity index (χ3n) is 4.66. The normalized spacial score (nSPS) is 16.9. The Morgan fingerprint density at radius 1 is 1.20 bits per heavy atom. The molecule has 1 aliphatic carbocycles. The molecule has 4 nitrogen and oxygen atoms in total. The second-order valence-electron chi connectivity index (χ2n) is 6.22. The van der Waals surface area contributed by atoms with Crippen molar-refractivity contribution in [2.45, 2.75) is 36.1 Å². The van der Waals surface area contributed by atoms with Gasteiger partial charge in [-0.05, 0) is 47.9 Å². The molecule has 0 fully saturated rings. The quantitative estimate of drug-likeness (QED) is 0.774. The van der Waals surface area contributed by atoms with Crippen LogP contribution in [0.4, 0.5) is 0 Å². The Balaban J connectivity index is 1.78. The summed E-state index contributed by atoms with van der Waals surface area (Å²) in [6.45, 7) is 0. The fourth-order valence-electron chi connectivity index (χ4n) is 3.36. The zero-order valence-electron chi connectivity index (χ0n) is 14.1. The smallest absolute Gasteiger partial charge is 0.305 e. The van der Waals surface area contributed by atoms with Gasteiger partial charge >= 0.3 is 5.97 Å². The van der Waals surface area contributed by atoms with E-state index in [2.05, 4.69) is 11.4 Å². The van der Waals surface area contributed by atoms with Crippen molar-refractivity contribution in [3.63, 3.8) is 0 Å². The molecule has 0 aromatic heterocycles. The van der Waals surface area contributed by atoms with Crippen LogP contribution in [0.15, 0.2) is 53.4 Å². The molecule has 130 valence electrons. The van der Waals surface area contributed by atoms with E-state index in [1.54, 1.807) is 11.8 Å². The minimum atomic E-state index is -0.925. The Labute approximate surface area is 151 Å². The van der Waals surface area contributed by atoms with E-state index >= 15 is 0 Å². The molecule has 2 unspecified atom stereocenters. The molecule has 2 aromatic rings. The van der Waals surface area contributed by atoms with Gasteiger partial charge in [-0.15, -0.1) is 11.8 Å². The van der Waals surface area contributed by atoms with Crippen LogP contribution >= 0.6 is 11.8 Å². The molecule has 3 rings (SSSR count). The summed E-state index contributed by atoms with van der Waals surface area (Å²) in [5.74, 6) is -1.21. The topological polar surface area (TPSA) is 66.4 Å². The number of carbonyl (C=O) groups is 2. The Hall–Kier alpha value is -2.27. The monoisotopic (exact) mass is 355 g/mol. The number of thioether (sulfide) groups is 1. The number of nitrogens with one attached hydrogen (secondary N) is 1. The van der Waals surface area contributed by atoms with Gasteiger partial charge in [0.2, 0.25) is 5.91 Å². The predicted molar refractivity (Wildman–Crippen MR) is 98.9 cm³/mol. The SMILES string of the molecule is CSc1ccc(C(CC(=O)O)NC(=O)C2CCc3ccccc32)cc1. The summed E-state index contributed by atoms with van der Waals surface area (Å²) in [6, 6.07) is 15.1. The Bertz CT molecular complexity index is 773. The van der Waals surface area contributed by atoms with Gasteiger partial charge in [-0.25, -0.2) is 0 Å². The first-order chi connectivity index (χ1) is 12.1. The molecule has 2 atom stereocenters. The number of carboxylic acids is 1. The number of fused-ring (bicyclic) bond motifs is 1. The van der Waals surface area contributed by atoms with Gasteiger partial charge in [0, 0.05) is 4.90 Å². The second-order valence-corrected chi connectivity index (χ2v) is 7.10. The lowest BCUT2D eigenvalue weighted by Crippen LogP contribution is -2.33. The summed E-state index contributed by atoms with van der Waals surface area (Å²) in [5.41, 5.74) is 3.09. The minimum Gasteiger partial charge on any atom is -0.481 e. The van der Waals surface area contributed by atoms with Crippen LogP contribution in [0.2, 0.25) is 0 Å². The molecule has 2 aromatic carbocycles. The standard InChI is InChI=1S/C20H21NO3S/c1-25-15-9-6-14(7-10-15)18(12-19(22)23)21-20(24)17-11-8-13-4-2-3-5-16(13)17/h2-7,9-10,17-18H,8,11-12H2,1H3,(H,21,24)(H,22,23). The van der Waals surface area contributed by atoms with E-state index in [-0.39, 0.29) is 18.2 Å². The maximum Gasteiger partial charge on any atom is 0.305 e. The van der Waals surface area contributed by atoms with E-state index in [1.807, 2.05) is 48.7 Å². The Kier molecular flexibility index (Phi) is 5.43. The number of aryl methyl sites for hydroxylation is 1. The van der Waals surface area contributed by atoms with E-state index in [9.17, 15) is 14.7 Å². The number of carbonyl (C=O) groups excluding carboxylic acids is 1. The molecule has 0 spiro atoms. The highest BCUT2D eigenvalue weighted by Gasteiger charge is 2.30. The molecule has 0 bridgehead atoms. The van der Waals surface area contributed by atoms with Crippen LogP contribution in [0.1, 0.15) is 41.5 Å². The third kappa shape index (κ3) is 4.04. The van der Waals surface area contributed by atoms with E-state index in [0.29, 0.717) is 0 Å². The van der Waals surface area contributed by atoms with Gasteiger partial charge in [-0.1, -0.05) is 36.4 Å². The Morgan fingerprint density at radius 3 is 2.60 bits per heavy atom. The van der Waals surface area contributed by atoms with Gasteiger partial charge in [0.15, 0.2) is 0 Å². The van der Waals surface area contributed by atoms with Crippen molar-refractivity contribution < 1.29 is 14.7 Å². The first kappa shape index (κ1) is 17.5. The highest BCUT2D eigenvalue weighted by molar-refractivity contribution is 7.98. The third-order valence-corrected chi connectivity index (χ3v) is 5.41. The molecule has 0 radical (unpaired) electrons. The molecule has 2 N–H and O–H groups in total. The lowest BCUT2D eigenvalue weighted by Gasteiger charge is -2.20. The van der Waals surface area contributed by atoms with Crippen LogP contribution in [0.3, 0.4) is 0 Å². The lowest BCUT2D eigenvalue weighted by atomic mass is 9.98. The maximum absolute atomic E-state index is 12.8. The van der Waals surface area contributed by atoms with Crippen LogP contribution in [0.5, 0.6) is 0 Å². The molecule has 5 heteroatoms. The number of benzene rings is 2. The minimum absolute atomic E-state index is 0.0925. The highest BCUT2D eigenvalue weighted by Crippen LogP contribution is 2.33. The van der Waals surface area contributed by atoms with E-state index in [1.165, 1.54) is 5.56 Å². The van der Waals surface area contributed by atoms with Crippen LogP contribution in [0, 0.1) is 0 Å². The first-order valence-corrected chi connectivity index (χ1v) is 9.55. The number of amides is 1. The fourth-order valence-corrected chi connectivity index (χ4v) is 3.77. The van der Waals surface area contributed by atoms with E-state index < -0.39 is 12.0 Å². The van der Waals surface area contributed by atoms with E-state index in [4.69, 9.17) is 0 Å². The molecule has 25 heavy (non-hydrogen) atoms. The van der Waals surface area contributed by atoms with Crippen molar-refractivity contribution in [2.75, 3.05) is 6.26 Å². The summed E-state index contributed by atoms with van der Waals surface area (Å²) in [4.78, 5) is 25.1. The first-order valence-electron chi connectivity index (χ1n) is 8.32. The van der Waals surface area contributed by atoms with Crippen molar-refractivity contribution in [2.24, 2.45) is 0 Å².